The van der Waals surface area contributed by atoms with Crippen molar-refractivity contribution in [2.75, 3.05) is 19.0 Å². The van der Waals surface area contributed by atoms with Gasteiger partial charge in [0.05, 0.1) is 12.1 Å². The van der Waals surface area contributed by atoms with Crippen LogP contribution in [0.2, 0.25) is 5.02 Å². The number of carbonyl (C=O) groups is 2. The lowest BCUT2D eigenvalue weighted by Crippen LogP contribution is -2.20. The molecule has 6 nitrogen and oxygen atoms in total. The van der Waals surface area contributed by atoms with Gasteiger partial charge < -0.3 is 20.5 Å². The van der Waals surface area contributed by atoms with Gasteiger partial charge in [0.1, 0.15) is 0 Å². The van der Waals surface area contributed by atoms with E-state index in [9.17, 15) is 9.59 Å². The van der Waals surface area contributed by atoms with Gasteiger partial charge in [-0.2, -0.15) is 0 Å². The van der Waals surface area contributed by atoms with E-state index in [1.807, 2.05) is 32.0 Å². The van der Waals surface area contributed by atoms with Crippen molar-refractivity contribution in [2.24, 2.45) is 5.73 Å². The van der Waals surface area contributed by atoms with Crippen LogP contribution in [0.3, 0.4) is 0 Å². The van der Waals surface area contributed by atoms with E-state index in [2.05, 4.69) is 5.32 Å². The van der Waals surface area contributed by atoms with Crippen molar-refractivity contribution < 1.29 is 19.1 Å². The molecule has 0 saturated heterocycles. The third kappa shape index (κ3) is 4.64. The lowest BCUT2D eigenvalue weighted by molar-refractivity contribution is -0.119. The molecule has 0 fully saturated rings. The summed E-state index contributed by atoms with van der Waals surface area (Å²) in [5, 5.41) is 2.95. The summed E-state index contributed by atoms with van der Waals surface area (Å²) in [5.74, 6) is -0.593. The number of hydrogen-bond acceptors (Lipinski definition) is 4. The molecule has 2 aromatic carbocycles. The molecule has 0 aromatic heterocycles. The van der Waals surface area contributed by atoms with E-state index in [0.29, 0.717) is 11.3 Å². The van der Waals surface area contributed by atoms with Gasteiger partial charge in [0, 0.05) is 11.3 Å². The van der Waals surface area contributed by atoms with Gasteiger partial charge in [0.2, 0.25) is 0 Å². The number of primary amides is 1. The highest BCUT2D eigenvalue weighted by Gasteiger charge is 2.17. The Balaban J connectivity index is 2.26. The molecule has 2 amide bonds. The number of anilines is 1. The molecular weight excluding hydrogens is 344 g/mol. The Morgan fingerprint density at radius 1 is 1.16 bits per heavy atom. The lowest BCUT2D eigenvalue weighted by atomic mass is 10.1. The maximum absolute atomic E-state index is 12.5. The molecule has 0 bridgehead atoms. The van der Waals surface area contributed by atoms with E-state index in [0.717, 1.165) is 11.1 Å². The van der Waals surface area contributed by atoms with Crippen molar-refractivity contribution in [3.8, 4) is 11.5 Å². The number of aryl methyl sites for hydroxylation is 2. The topological polar surface area (TPSA) is 90.7 Å². The van der Waals surface area contributed by atoms with Crippen LogP contribution in [0, 0.1) is 13.8 Å². The summed E-state index contributed by atoms with van der Waals surface area (Å²) in [6.07, 6.45) is 0. The highest BCUT2D eigenvalue weighted by Crippen LogP contribution is 2.36. The van der Waals surface area contributed by atoms with Crippen LogP contribution in [0.1, 0.15) is 21.5 Å². The Morgan fingerprint density at radius 3 is 2.48 bits per heavy atom. The van der Waals surface area contributed by atoms with Gasteiger partial charge in [-0.15, -0.1) is 0 Å². The number of ether oxygens (including phenoxy) is 2. The van der Waals surface area contributed by atoms with Crippen LogP contribution in [0.15, 0.2) is 30.3 Å². The molecule has 2 rings (SSSR count). The molecule has 0 unspecified atom stereocenters. The molecule has 0 aliphatic rings. The number of nitrogens with two attached hydrogens (primary N) is 1. The molecule has 3 N–H and O–H groups in total. The second-order valence-corrected chi connectivity index (χ2v) is 5.90. The van der Waals surface area contributed by atoms with E-state index in [4.69, 9.17) is 26.8 Å². The van der Waals surface area contributed by atoms with Crippen LogP contribution < -0.4 is 20.5 Å². The summed E-state index contributed by atoms with van der Waals surface area (Å²) in [5.41, 5.74) is 8.24. The first-order valence-electron chi connectivity index (χ1n) is 7.49. The molecule has 132 valence electrons. The van der Waals surface area contributed by atoms with E-state index < -0.39 is 5.91 Å². The van der Waals surface area contributed by atoms with Gasteiger partial charge in [0.15, 0.2) is 18.1 Å². The van der Waals surface area contributed by atoms with Crippen molar-refractivity contribution in [1.82, 2.24) is 0 Å². The lowest BCUT2D eigenvalue weighted by Gasteiger charge is -2.13. The highest BCUT2D eigenvalue weighted by molar-refractivity contribution is 6.32. The quantitative estimate of drug-likeness (QED) is 0.826. The predicted molar refractivity (Wildman–Crippen MR) is 96.6 cm³/mol. The molecule has 7 heteroatoms. The minimum Gasteiger partial charge on any atom is -0.493 e. The largest absolute Gasteiger partial charge is 0.493 e. The van der Waals surface area contributed by atoms with Crippen molar-refractivity contribution in [1.29, 1.82) is 0 Å². The number of nitrogens with one attached hydrogen (secondary N) is 1. The first kappa shape index (κ1) is 18.6. The van der Waals surface area contributed by atoms with Crippen LogP contribution >= 0.6 is 11.6 Å². The Bertz CT molecular complexity index is 821. The zero-order chi connectivity index (χ0) is 18.6. The molecule has 2 aromatic rings. The van der Waals surface area contributed by atoms with Gasteiger partial charge in [-0.05, 0) is 49.2 Å². The maximum atomic E-state index is 12.5. The standard InChI is InChI=1S/C18H19ClN2O4/c1-10-4-5-13(6-11(10)2)21-18(23)12-7-14(19)17(15(8-12)24-3)25-9-16(20)22/h4-8H,9H2,1-3H3,(H2,20,22)(H,21,23). The molecule has 0 saturated carbocycles. The number of methoxy groups -OCH3 is 1. The van der Waals surface area contributed by atoms with Crippen molar-refractivity contribution in [3.63, 3.8) is 0 Å². The maximum Gasteiger partial charge on any atom is 0.255 e. The van der Waals surface area contributed by atoms with E-state index in [-0.39, 0.29) is 29.0 Å². The van der Waals surface area contributed by atoms with Crippen molar-refractivity contribution in [2.45, 2.75) is 13.8 Å². The summed E-state index contributed by atoms with van der Waals surface area (Å²) < 4.78 is 10.4. The van der Waals surface area contributed by atoms with Crippen molar-refractivity contribution in [3.05, 3.63) is 52.0 Å². The summed E-state index contributed by atoms with van der Waals surface area (Å²) in [6, 6.07) is 8.56. The Hall–Kier alpha value is -2.73. The van der Waals surface area contributed by atoms with E-state index in [1.54, 1.807) is 0 Å². The Labute approximate surface area is 150 Å². The number of halogens is 1. The molecule has 0 radical (unpaired) electrons. The van der Waals surface area contributed by atoms with E-state index in [1.165, 1.54) is 19.2 Å². The van der Waals surface area contributed by atoms with Crippen LogP contribution in [0.25, 0.3) is 0 Å². The number of carbonyl (C=O) groups excluding carboxylic acids is 2. The Morgan fingerprint density at radius 2 is 1.88 bits per heavy atom. The number of rotatable bonds is 6. The van der Waals surface area contributed by atoms with Crippen LogP contribution in [0.4, 0.5) is 5.69 Å². The van der Waals surface area contributed by atoms with Gasteiger partial charge in [0.25, 0.3) is 11.8 Å². The summed E-state index contributed by atoms with van der Waals surface area (Å²) in [6.45, 7) is 3.62. The fourth-order valence-electron chi connectivity index (χ4n) is 2.16. The van der Waals surface area contributed by atoms with Crippen LogP contribution in [-0.4, -0.2) is 25.5 Å². The van der Waals surface area contributed by atoms with Crippen LogP contribution in [-0.2, 0) is 4.79 Å². The third-order valence-electron chi connectivity index (χ3n) is 3.62. The molecule has 0 atom stereocenters. The highest BCUT2D eigenvalue weighted by atomic mass is 35.5. The fourth-order valence-corrected chi connectivity index (χ4v) is 2.42. The number of amides is 2. The summed E-state index contributed by atoms with van der Waals surface area (Å²) >= 11 is 6.15. The average Bonchev–Trinajstić information content (AvgIpc) is 2.56. The number of hydrogen-bond donors (Lipinski definition) is 2. The molecule has 0 aliphatic carbocycles. The zero-order valence-electron chi connectivity index (χ0n) is 14.2. The minimum atomic E-state index is -0.644. The molecule has 25 heavy (non-hydrogen) atoms. The van der Waals surface area contributed by atoms with Gasteiger partial charge in [-0.25, -0.2) is 0 Å². The van der Waals surface area contributed by atoms with Gasteiger partial charge in [-0.1, -0.05) is 17.7 Å². The normalized spacial score (nSPS) is 10.2. The second kappa shape index (κ2) is 7.90. The van der Waals surface area contributed by atoms with Crippen molar-refractivity contribution >= 4 is 29.1 Å². The first-order valence-corrected chi connectivity index (χ1v) is 7.87. The van der Waals surface area contributed by atoms with Gasteiger partial charge in [-0.3, -0.25) is 9.59 Å². The molecule has 0 heterocycles. The second-order valence-electron chi connectivity index (χ2n) is 5.50. The van der Waals surface area contributed by atoms with Gasteiger partial charge >= 0.3 is 0 Å². The number of benzene rings is 2. The first-order chi connectivity index (χ1) is 11.8. The monoisotopic (exact) mass is 362 g/mol. The fraction of sp³-hybridized carbons (Fsp3) is 0.222. The van der Waals surface area contributed by atoms with E-state index >= 15 is 0 Å². The molecule has 0 spiro atoms. The predicted octanol–water partition coefficient (Wildman–Crippen LogP) is 3.08. The average molecular weight is 363 g/mol. The smallest absolute Gasteiger partial charge is 0.255 e. The zero-order valence-corrected chi connectivity index (χ0v) is 14.9. The minimum absolute atomic E-state index is 0.144. The summed E-state index contributed by atoms with van der Waals surface area (Å²) in [4.78, 5) is 23.3. The SMILES string of the molecule is COc1cc(C(=O)Nc2ccc(C)c(C)c2)cc(Cl)c1OCC(N)=O. The Kier molecular flexibility index (Phi) is 5.88. The third-order valence-corrected chi connectivity index (χ3v) is 3.90. The summed E-state index contributed by atoms with van der Waals surface area (Å²) in [7, 11) is 1.41. The molecular formula is C18H19ClN2O4. The molecule has 0 aliphatic heterocycles. The van der Waals surface area contributed by atoms with Crippen LogP contribution in [0.5, 0.6) is 11.5 Å².